The summed E-state index contributed by atoms with van der Waals surface area (Å²) in [5.74, 6) is 0. The van der Waals surface area contributed by atoms with Gasteiger partial charge in [0.25, 0.3) is 0 Å². The van der Waals surface area contributed by atoms with Gasteiger partial charge < -0.3 is 4.98 Å². The standard InChI is InChI=1S/C10H7N3/c11-6-2-4-8-3-1-5-9-10(8)13-7-12-9/h1-5,7H,(H,12,13)/b4-2+. The molecule has 1 heterocycles. The molecule has 0 fully saturated rings. The van der Waals surface area contributed by atoms with Crippen LogP contribution in [0.5, 0.6) is 0 Å². The summed E-state index contributed by atoms with van der Waals surface area (Å²) in [7, 11) is 0. The van der Waals surface area contributed by atoms with Crippen molar-refractivity contribution in [3.8, 4) is 6.07 Å². The number of nitrogens with one attached hydrogen (secondary N) is 1. The lowest BCUT2D eigenvalue weighted by atomic mass is 10.2. The van der Waals surface area contributed by atoms with E-state index in [1.807, 2.05) is 24.3 Å². The molecule has 0 aliphatic heterocycles. The molecule has 2 aromatic rings. The van der Waals surface area contributed by atoms with Crippen molar-refractivity contribution < 1.29 is 0 Å². The van der Waals surface area contributed by atoms with E-state index in [2.05, 4.69) is 9.97 Å². The number of rotatable bonds is 1. The predicted molar refractivity (Wildman–Crippen MR) is 50.7 cm³/mol. The molecule has 2 rings (SSSR count). The molecule has 0 atom stereocenters. The van der Waals surface area contributed by atoms with Crippen LogP contribution in [-0.4, -0.2) is 9.97 Å². The fourth-order valence-electron chi connectivity index (χ4n) is 1.25. The highest BCUT2D eigenvalue weighted by molar-refractivity contribution is 5.84. The third-order valence-corrected chi connectivity index (χ3v) is 1.82. The molecule has 3 heteroatoms. The Morgan fingerprint density at radius 2 is 2.38 bits per heavy atom. The first-order valence-electron chi connectivity index (χ1n) is 3.90. The van der Waals surface area contributed by atoms with Crippen molar-refractivity contribution in [2.75, 3.05) is 0 Å². The Kier molecular flexibility index (Phi) is 1.81. The third-order valence-electron chi connectivity index (χ3n) is 1.82. The average Bonchev–Trinajstić information content (AvgIpc) is 2.62. The highest BCUT2D eigenvalue weighted by atomic mass is 14.9. The molecule has 62 valence electrons. The number of fused-ring (bicyclic) bond motifs is 1. The van der Waals surface area contributed by atoms with Crippen LogP contribution in [-0.2, 0) is 0 Å². The molecule has 0 aliphatic carbocycles. The number of hydrogen-bond donors (Lipinski definition) is 1. The zero-order valence-corrected chi connectivity index (χ0v) is 6.86. The number of benzene rings is 1. The Morgan fingerprint density at radius 3 is 3.23 bits per heavy atom. The summed E-state index contributed by atoms with van der Waals surface area (Å²) in [4.78, 5) is 7.16. The summed E-state index contributed by atoms with van der Waals surface area (Å²) in [6.07, 6.45) is 4.85. The van der Waals surface area contributed by atoms with E-state index in [9.17, 15) is 0 Å². The molecular formula is C10H7N3. The van der Waals surface area contributed by atoms with Crippen LogP contribution in [0, 0.1) is 11.3 Å². The van der Waals surface area contributed by atoms with Gasteiger partial charge in [-0.15, -0.1) is 0 Å². The van der Waals surface area contributed by atoms with Gasteiger partial charge in [0, 0.05) is 11.6 Å². The molecule has 1 aromatic carbocycles. The van der Waals surface area contributed by atoms with E-state index in [1.165, 1.54) is 6.08 Å². The molecule has 0 unspecified atom stereocenters. The van der Waals surface area contributed by atoms with Gasteiger partial charge in [-0.05, 0) is 12.1 Å². The van der Waals surface area contributed by atoms with Crippen LogP contribution in [0.2, 0.25) is 0 Å². The number of imidazole rings is 1. The molecule has 0 radical (unpaired) electrons. The molecular weight excluding hydrogens is 162 g/mol. The number of para-hydroxylation sites is 1. The van der Waals surface area contributed by atoms with Crippen molar-refractivity contribution in [3.05, 3.63) is 36.2 Å². The van der Waals surface area contributed by atoms with Crippen LogP contribution in [0.1, 0.15) is 5.56 Å². The second-order valence-electron chi connectivity index (χ2n) is 2.61. The Hall–Kier alpha value is -2.08. The van der Waals surface area contributed by atoms with Crippen LogP contribution in [0.3, 0.4) is 0 Å². The molecule has 1 N–H and O–H groups in total. The maximum Gasteiger partial charge on any atom is 0.0955 e. The predicted octanol–water partition coefficient (Wildman–Crippen LogP) is 2.10. The van der Waals surface area contributed by atoms with E-state index in [0.29, 0.717) is 0 Å². The van der Waals surface area contributed by atoms with Crippen molar-refractivity contribution in [2.24, 2.45) is 0 Å². The first-order chi connectivity index (χ1) is 6.42. The topological polar surface area (TPSA) is 52.5 Å². The molecule has 0 aliphatic rings. The van der Waals surface area contributed by atoms with E-state index < -0.39 is 0 Å². The number of nitrogens with zero attached hydrogens (tertiary/aromatic N) is 2. The van der Waals surface area contributed by atoms with E-state index >= 15 is 0 Å². The number of aromatic amines is 1. The second kappa shape index (κ2) is 3.11. The summed E-state index contributed by atoms with van der Waals surface area (Å²) < 4.78 is 0. The number of nitriles is 1. The van der Waals surface area contributed by atoms with Crippen molar-refractivity contribution in [3.63, 3.8) is 0 Å². The Bertz CT molecular complexity index is 488. The lowest BCUT2D eigenvalue weighted by Crippen LogP contribution is -1.75. The maximum absolute atomic E-state index is 8.39. The molecule has 0 spiro atoms. The SMILES string of the molecule is N#C/C=C/c1cccc2[nH]cnc12. The van der Waals surface area contributed by atoms with Crippen LogP contribution in [0.25, 0.3) is 17.1 Å². The molecule has 0 bridgehead atoms. The summed E-state index contributed by atoms with van der Waals surface area (Å²) in [5.41, 5.74) is 2.84. The Morgan fingerprint density at radius 1 is 1.46 bits per heavy atom. The fourth-order valence-corrected chi connectivity index (χ4v) is 1.25. The van der Waals surface area contributed by atoms with Gasteiger partial charge in [-0.1, -0.05) is 12.1 Å². The highest BCUT2D eigenvalue weighted by Gasteiger charge is 1.98. The zero-order chi connectivity index (χ0) is 9.10. The Labute approximate surface area is 75.3 Å². The maximum atomic E-state index is 8.39. The van der Waals surface area contributed by atoms with Gasteiger partial charge in [-0.2, -0.15) is 5.26 Å². The molecule has 13 heavy (non-hydrogen) atoms. The van der Waals surface area contributed by atoms with Gasteiger partial charge >= 0.3 is 0 Å². The number of allylic oxidation sites excluding steroid dienone is 1. The number of H-pyrrole nitrogens is 1. The molecule has 1 aromatic heterocycles. The van der Waals surface area contributed by atoms with Crippen LogP contribution < -0.4 is 0 Å². The van der Waals surface area contributed by atoms with Gasteiger partial charge in [0.2, 0.25) is 0 Å². The van der Waals surface area contributed by atoms with Crippen LogP contribution >= 0.6 is 0 Å². The van der Waals surface area contributed by atoms with E-state index in [1.54, 1.807) is 12.4 Å². The minimum atomic E-state index is 0.897. The Balaban J connectivity index is 2.62. The van der Waals surface area contributed by atoms with Crippen molar-refractivity contribution in [1.82, 2.24) is 9.97 Å². The van der Waals surface area contributed by atoms with Crippen molar-refractivity contribution in [1.29, 1.82) is 5.26 Å². The number of aromatic nitrogens is 2. The molecule has 0 amide bonds. The van der Waals surface area contributed by atoms with Gasteiger partial charge in [0.15, 0.2) is 0 Å². The largest absolute Gasteiger partial charge is 0.345 e. The van der Waals surface area contributed by atoms with E-state index in [0.717, 1.165) is 16.6 Å². The summed E-state index contributed by atoms with van der Waals surface area (Å²) >= 11 is 0. The highest BCUT2D eigenvalue weighted by Crippen LogP contribution is 2.15. The number of hydrogen-bond acceptors (Lipinski definition) is 2. The monoisotopic (exact) mass is 169 g/mol. The first-order valence-corrected chi connectivity index (χ1v) is 3.90. The summed E-state index contributed by atoms with van der Waals surface area (Å²) in [5, 5.41) is 8.39. The average molecular weight is 169 g/mol. The molecule has 0 saturated heterocycles. The fraction of sp³-hybridized carbons (Fsp3) is 0. The van der Waals surface area contributed by atoms with Crippen LogP contribution in [0.15, 0.2) is 30.6 Å². The molecule has 0 saturated carbocycles. The van der Waals surface area contributed by atoms with Crippen molar-refractivity contribution >= 4 is 17.1 Å². The smallest absolute Gasteiger partial charge is 0.0955 e. The summed E-state index contributed by atoms with van der Waals surface area (Å²) in [6.45, 7) is 0. The molecule has 3 nitrogen and oxygen atoms in total. The lowest BCUT2D eigenvalue weighted by Gasteiger charge is -1.92. The summed E-state index contributed by atoms with van der Waals surface area (Å²) in [6, 6.07) is 7.76. The zero-order valence-electron chi connectivity index (χ0n) is 6.86. The minimum absolute atomic E-state index is 0.897. The normalized spacial score (nSPS) is 10.7. The minimum Gasteiger partial charge on any atom is -0.345 e. The van der Waals surface area contributed by atoms with Gasteiger partial charge in [-0.25, -0.2) is 4.98 Å². The van der Waals surface area contributed by atoms with Gasteiger partial charge in [-0.3, -0.25) is 0 Å². The second-order valence-corrected chi connectivity index (χ2v) is 2.61. The van der Waals surface area contributed by atoms with Crippen molar-refractivity contribution in [2.45, 2.75) is 0 Å². The van der Waals surface area contributed by atoms with E-state index in [-0.39, 0.29) is 0 Å². The van der Waals surface area contributed by atoms with Gasteiger partial charge in [0.1, 0.15) is 0 Å². The quantitative estimate of drug-likeness (QED) is 0.664. The first kappa shape index (κ1) is 7.56. The van der Waals surface area contributed by atoms with Crippen LogP contribution in [0.4, 0.5) is 0 Å². The van der Waals surface area contributed by atoms with Gasteiger partial charge in [0.05, 0.1) is 23.4 Å². The third kappa shape index (κ3) is 1.30. The lowest BCUT2D eigenvalue weighted by molar-refractivity contribution is 1.34. The van der Waals surface area contributed by atoms with E-state index in [4.69, 9.17) is 5.26 Å².